The molecule has 1 aliphatic heterocycles. The molecule has 0 spiro atoms. The van der Waals surface area contributed by atoms with Crippen molar-refractivity contribution >= 4 is 17.7 Å². The number of hydrogen-bond donors (Lipinski definition) is 2. The molecule has 0 aromatic heterocycles. The van der Waals surface area contributed by atoms with Crippen molar-refractivity contribution in [1.29, 1.82) is 0 Å². The summed E-state index contributed by atoms with van der Waals surface area (Å²) in [5, 5.41) is 11.7. The van der Waals surface area contributed by atoms with E-state index in [1.54, 1.807) is 6.08 Å². The minimum Gasteiger partial charge on any atom is -0.479 e. The van der Waals surface area contributed by atoms with E-state index in [1.807, 2.05) is 30.3 Å². The number of nitrogens with one attached hydrogen (secondary N) is 1. The summed E-state index contributed by atoms with van der Waals surface area (Å²) in [6.07, 6.45) is 3.47. The highest BCUT2D eigenvalue weighted by Gasteiger charge is 2.17. The summed E-state index contributed by atoms with van der Waals surface area (Å²) in [6.45, 7) is 0. The minimum atomic E-state index is -0.856. The molecule has 66 valence electrons. The molecule has 1 aliphatic rings. The summed E-state index contributed by atoms with van der Waals surface area (Å²) >= 11 is 0. The Balaban J connectivity index is 2.34. The first-order valence-electron chi connectivity index (χ1n) is 4.04. The summed E-state index contributed by atoms with van der Waals surface area (Å²) in [6, 6.07) is 7.01. The van der Waals surface area contributed by atoms with E-state index in [-0.39, 0.29) is 0 Å². The summed E-state index contributed by atoms with van der Waals surface area (Å²) in [7, 11) is 0. The van der Waals surface area contributed by atoms with Crippen LogP contribution in [0.1, 0.15) is 5.56 Å². The second-order valence-corrected chi connectivity index (χ2v) is 2.91. The van der Waals surface area contributed by atoms with Gasteiger partial charge in [-0.05, 0) is 11.6 Å². The van der Waals surface area contributed by atoms with Gasteiger partial charge in [0, 0.05) is 5.69 Å². The fourth-order valence-corrected chi connectivity index (χ4v) is 1.33. The standard InChI is InChI=1S/C10H9NO2/c12-10(13)9-6-5-7-3-1-2-4-8(7)11-9/h1-6,9,11H,(H,12,13). The monoisotopic (exact) mass is 175 g/mol. The van der Waals surface area contributed by atoms with Crippen LogP contribution in [0.25, 0.3) is 6.08 Å². The first kappa shape index (κ1) is 7.86. The average Bonchev–Trinajstić information content (AvgIpc) is 2.17. The van der Waals surface area contributed by atoms with Crippen molar-refractivity contribution in [2.75, 3.05) is 5.32 Å². The van der Waals surface area contributed by atoms with Crippen LogP contribution in [0.5, 0.6) is 0 Å². The Morgan fingerprint density at radius 2 is 2.15 bits per heavy atom. The molecule has 0 bridgehead atoms. The predicted molar refractivity (Wildman–Crippen MR) is 50.5 cm³/mol. The Morgan fingerprint density at radius 1 is 1.38 bits per heavy atom. The minimum absolute atomic E-state index is 0.602. The van der Waals surface area contributed by atoms with Crippen molar-refractivity contribution in [3.05, 3.63) is 35.9 Å². The average molecular weight is 175 g/mol. The van der Waals surface area contributed by atoms with E-state index in [4.69, 9.17) is 5.11 Å². The summed E-state index contributed by atoms with van der Waals surface area (Å²) < 4.78 is 0. The van der Waals surface area contributed by atoms with Gasteiger partial charge in [-0.15, -0.1) is 0 Å². The molecule has 0 saturated carbocycles. The van der Waals surface area contributed by atoms with Gasteiger partial charge in [0.1, 0.15) is 6.04 Å². The van der Waals surface area contributed by atoms with Crippen LogP contribution in [0.15, 0.2) is 30.3 Å². The second-order valence-electron chi connectivity index (χ2n) is 2.91. The number of fused-ring (bicyclic) bond motifs is 1. The molecule has 1 aromatic carbocycles. The van der Waals surface area contributed by atoms with Gasteiger partial charge in [-0.1, -0.05) is 30.4 Å². The van der Waals surface area contributed by atoms with Gasteiger partial charge in [-0.25, -0.2) is 4.79 Å². The zero-order valence-corrected chi connectivity index (χ0v) is 6.90. The molecule has 2 rings (SSSR count). The fourth-order valence-electron chi connectivity index (χ4n) is 1.33. The fraction of sp³-hybridized carbons (Fsp3) is 0.100. The number of carboxylic acids is 1. The van der Waals surface area contributed by atoms with E-state index in [0.29, 0.717) is 0 Å². The molecule has 0 radical (unpaired) electrons. The Kier molecular flexibility index (Phi) is 1.77. The zero-order chi connectivity index (χ0) is 9.26. The number of carbonyl (C=O) groups is 1. The molecule has 1 heterocycles. The van der Waals surface area contributed by atoms with Crippen molar-refractivity contribution in [2.45, 2.75) is 6.04 Å². The lowest BCUT2D eigenvalue weighted by Gasteiger charge is -2.18. The Labute approximate surface area is 75.7 Å². The second kappa shape index (κ2) is 2.94. The van der Waals surface area contributed by atoms with Crippen LogP contribution in [0.2, 0.25) is 0 Å². The van der Waals surface area contributed by atoms with E-state index in [9.17, 15) is 4.79 Å². The van der Waals surface area contributed by atoms with Gasteiger partial charge in [-0.3, -0.25) is 0 Å². The van der Waals surface area contributed by atoms with Crippen LogP contribution in [0.3, 0.4) is 0 Å². The van der Waals surface area contributed by atoms with Gasteiger partial charge in [0.05, 0.1) is 0 Å². The first-order chi connectivity index (χ1) is 6.27. The SMILES string of the molecule is O=C(O)C1C=Cc2ccccc2N1. The molecule has 0 amide bonds. The van der Waals surface area contributed by atoms with Gasteiger partial charge < -0.3 is 10.4 Å². The van der Waals surface area contributed by atoms with Gasteiger partial charge in [0.25, 0.3) is 0 Å². The zero-order valence-electron chi connectivity index (χ0n) is 6.90. The maximum absolute atomic E-state index is 10.7. The molecule has 0 fully saturated rings. The molecule has 3 nitrogen and oxygen atoms in total. The van der Waals surface area contributed by atoms with Crippen molar-refractivity contribution in [1.82, 2.24) is 0 Å². The lowest BCUT2D eigenvalue weighted by Crippen LogP contribution is -2.28. The Hall–Kier alpha value is -1.77. The quantitative estimate of drug-likeness (QED) is 0.681. The summed E-state index contributed by atoms with van der Waals surface area (Å²) in [5.74, 6) is -0.856. The molecule has 0 saturated heterocycles. The molecule has 0 aliphatic carbocycles. The molecule has 1 aromatic rings. The number of benzene rings is 1. The maximum Gasteiger partial charge on any atom is 0.330 e. The van der Waals surface area contributed by atoms with Crippen LogP contribution in [0, 0.1) is 0 Å². The van der Waals surface area contributed by atoms with Crippen molar-refractivity contribution in [3.63, 3.8) is 0 Å². The third kappa shape index (κ3) is 1.40. The number of rotatable bonds is 1. The van der Waals surface area contributed by atoms with E-state index in [0.717, 1.165) is 11.3 Å². The third-order valence-corrected chi connectivity index (χ3v) is 2.01. The van der Waals surface area contributed by atoms with Crippen molar-refractivity contribution < 1.29 is 9.90 Å². The number of para-hydroxylation sites is 1. The Bertz CT molecular complexity index is 371. The van der Waals surface area contributed by atoms with Gasteiger partial charge in [0.2, 0.25) is 0 Å². The normalized spacial score (nSPS) is 18.9. The van der Waals surface area contributed by atoms with E-state index >= 15 is 0 Å². The lowest BCUT2D eigenvalue weighted by molar-refractivity contribution is -0.136. The van der Waals surface area contributed by atoms with E-state index in [2.05, 4.69) is 5.32 Å². The highest BCUT2D eigenvalue weighted by atomic mass is 16.4. The largest absolute Gasteiger partial charge is 0.479 e. The maximum atomic E-state index is 10.7. The number of carboxylic acid groups (broad SMARTS) is 1. The number of anilines is 1. The van der Waals surface area contributed by atoms with Crippen molar-refractivity contribution in [2.24, 2.45) is 0 Å². The molecular weight excluding hydrogens is 166 g/mol. The molecular formula is C10H9NO2. The third-order valence-electron chi connectivity index (χ3n) is 2.01. The van der Waals surface area contributed by atoms with Gasteiger partial charge >= 0.3 is 5.97 Å². The number of aliphatic carboxylic acids is 1. The summed E-state index contributed by atoms with van der Waals surface area (Å²) in [4.78, 5) is 10.7. The number of hydrogen-bond acceptors (Lipinski definition) is 2. The molecule has 3 heteroatoms. The van der Waals surface area contributed by atoms with Gasteiger partial charge in [0.15, 0.2) is 0 Å². The van der Waals surface area contributed by atoms with Crippen LogP contribution >= 0.6 is 0 Å². The van der Waals surface area contributed by atoms with Crippen LogP contribution in [-0.4, -0.2) is 17.1 Å². The van der Waals surface area contributed by atoms with Gasteiger partial charge in [-0.2, -0.15) is 0 Å². The van der Waals surface area contributed by atoms with Crippen LogP contribution in [-0.2, 0) is 4.79 Å². The smallest absolute Gasteiger partial charge is 0.330 e. The molecule has 13 heavy (non-hydrogen) atoms. The summed E-state index contributed by atoms with van der Waals surface area (Å²) in [5.41, 5.74) is 1.90. The van der Waals surface area contributed by atoms with E-state index < -0.39 is 12.0 Å². The predicted octanol–water partition coefficient (Wildman–Crippen LogP) is 1.58. The van der Waals surface area contributed by atoms with Crippen molar-refractivity contribution in [3.8, 4) is 0 Å². The van der Waals surface area contributed by atoms with Crippen LogP contribution in [0.4, 0.5) is 5.69 Å². The molecule has 2 N–H and O–H groups in total. The van der Waals surface area contributed by atoms with Crippen LogP contribution < -0.4 is 5.32 Å². The van der Waals surface area contributed by atoms with E-state index in [1.165, 1.54) is 0 Å². The molecule has 1 atom stereocenters. The molecule has 1 unspecified atom stereocenters. The highest BCUT2D eigenvalue weighted by molar-refractivity contribution is 5.85. The lowest BCUT2D eigenvalue weighted by atomic mass is 10.1. The topological polar surface area (TPSA) is 49.3 Å². The Morgan fingerprint density at radius 3 is 2.92 bits per heavy atom. The first-order valence-corrected chi connectivity index (χ1v) is 4.04. The highest BCUT2D eigenvalue weighted by Crippen LogP contribution is 2.22.